The van der Waals surface area contributed by atoms with Crippen LogP contribution in [-0.4, -0.2) is 74.4 Å². The predicted octanol–water partition coefficient (Wildman–Crippen LogP) is 2.42. The van der Waals surface area contributed by atoms with Crippen molar-refractivity contribution >= 4 is 17.3 Å². The molecule has 0 unspecified atom stereocenters. The third kappa shape index (κ3) is 6.39. The number of amides is 2. The summed E-state index contributed by atoms with van der Waals surface area (Å²) in [5, 5.41) is 22.1. The van der Waals surface area contributed by atoms with Crippen LogP contribution in [0.5, 0.6) is 11.6 Å². The predicted molar refractivity (Wildman–Crippen MR) is 146 cm³/mol. The van der Waals surface area contributed by atoms with E-state index in [1.165, 1.54) is 0 Å². The number of nitrogens with zero attached hydrogens (tertiary/aromatic N) is 4. The molecule has 0 aromatic carbocycles. The summed E-state index contributed by atoms with van der Waals surface area (Å²) in [5.74, 6) is 0.495. The van der Waals surface area contributed by atoms with Gasteiger partial charge in [0.1, 0.15) is 24.0 Å². The standard InChI is InChI=1S/C28H38N6O6/c1-28(2,37)16-39-23-11-10-22-20(14-30-34(22)24(23)17-4-5-17)26(36)31-18-6-8-19(9-7-18)40-27-21(25(29)35)15-33(32-27)12-13-38-3/h10-11,14-15,17-19,37H,4-9,12-13,16H2,1-3H3,(H2,29,35)(H,31,36). The molecule has 0 aliphatic heterocycles. The first-order valence-electron chi connectivity index (χ1n) is 13.8. The van der Waals surface area contributed by atoms with Crippen LogP contribution in [0, 0.1) is 0 Å². The molecular formula is C28H38N6O6. The molecule has 3 heterocycles. The van der Waals surface area contributed by atoms with Crippen LogP contribution in [0.3, 0.4) is 0 Å². The van der Waals surface area contributed by atoms with Crippen LogP contribution in [0.15, 0.2) is 24.5 Å². The molecule has 12 nitrogen and oxygen atoms in total. The zero-order valence-electron chi connectivity index (χ0n) is 23.3. The average molecular weight is 555 g/mol. The van der Waals surface area contributed by atoms with Gasteiger partial charge in [-0.15, -0.1) is 5.10 Å². The summed E-state index contributed by atoms with van der Waals surface area (Å²) in [6.07, 6.45) is 8.01. The molecular weight excluding hydrogens is 516 g/mol. The van der Waals surface area contributed by atoms with E-state index in [0.717, 1.165) is 36.9 Å². The van der Waals surface area contributed by atoms with E-state index in [1.807, 2.05) is 12.1 Å². The molecule has 0 spiro atoms. The highest BCUT2D eigenvalue weighted by molar-refractivity contribution is 6.01. The second-order valence-corrected chi connectivity index (χ2v) is 11.3. The maximum Gasteiger partial charge on any atom is 0.255 e. The van der Waals surface area contributed by atoms with Gasteiger partial charge < -0.3 is 30.4 Å². The zero-order valence-corrected chi connectivity index (χ0v) is 23.3. The van der Waals surface area contributed by atoms with Gasteiger partial charge in [0, 0.05) is 25.3 Å². The molecule has 4 N–H and O–H groups in total. The van der Waals surface area contributed by atoms with Gasteiger partial charge in [0.05, 0.1) is 41.7 Å². The normalized spacial score (nSPS) is 19.5. The van der Waals surface area contributed by atoms with Crippen molar-refractivity contribution < 1.29 is 28.9 Å². The van der Waals surface area contributed by atoms with Crippen molar-refractivity contribution in [2.75, 3.05) is 20.3 Å². The molecule has 216 valence electrons. The summed E-state index contributed by atoms with van der Waals surface area (Å²) in [5.41, 5.74) is 7.00. The van der Waals surface area contributed by atoms with Crippen molar-refractivity contribution in [3.63, 3.8) is 0 Å². The van der Waals surface area contributed by atoms with Gasteiger partial charge in [-0.1, -0.05) is 0 Å². The van der Waals surface area contributed by atoms with E-state index in [0.29, 0.717) is 43.2 Å². The Balaban J connectivity index is 1.21. The molecule has 2 aliphatic carbocycles. The number of carbonyl (C=O) groups excluding carboxylic acids is 2. The number of nitrogens with one attached hydrogen (secondary N) is 1. The quantitative estimate of drug-likeness (QED) is 0.308. The Morgan fingerprint density at radius 1 is 1.15 bits per heavy atom. The summed E-state index contributed by atoms with van der Waals surface area (Å²) in [6, 6.07) is 3.71. The number of hydrogen-bond acceptors (Lipinski definition) is 8. The zero-order chi connectivity index (χ0) is 28.4. The van der Waals surface area contributed by atoms with Crippen LogP contribution in [-0.2, 0) is 11.3 Å². The fourth-order valence-corrected chi connectivity index (χ4v) is 5.04. The van der Waals surface area contributed by atoms with Gasteiger partial charge in [-0.25, -0.2) is 4.52 Å². The van der Waals surface area contributed by atoms with Gasteiger partial charge in [-0.2, -0.15) is 5.10 Å². The van der Waals surface area contributed by atoms with E-state index in [2.05, 4.69) is 15.5 Å². The minimum atomic E-state index is -0.954. The highest BCUT2D eigenvalue weighted by Gasteiger charge is 2.32. The highest BCUT2D eigenvalue weighted by atomic mass is 16.5. The fourth-order valence-electron chi connectivity index (χ4n) is 5.04. The van der Waals surface area contributed by atoms with Crippen molar-refractivity contribution in [3.05, 3.63) is 41.3 Å². The highest BCUT2D eigenvalue weighted by Crippen LogP contribution is 2.44. The molecule has 3 aromatic rings. The Morgan fingerprint density at radius 2 is 1.90 bits per heavy atom. The Hall–Kier alpha value is -3.64. The maximum absolute atomic E-state index is 13.3. The molecule has 40 heavy (non-hydrogen) atoms. The molecule has 2 amide bonds. The van der Waals surface area contributed by atoms with Gasteiger partial charge in [0.25, 0.3) is 11.8 Å². The van der Waals surface area contributed by atoms with E-state index in [-0.39, 0.29) is 36.1 Å². The van der Waals surface area contributed by atoms with E-state index >= 15 is 0 Å². The number of ether oxygens (including phenoxy) is 3. The number of hydrogen-bond donors (Lipinski definition) is 3. The lowest BCUT2D eigenvalue weighted by molar-refractivity contribution is 0.0279. The van der Waals surface area contributed by atoms with Crippen molar-refractivity contribution in [3.8, 4) is 11.6 Å². The van der Waals surface area contributed by atoms with Crippen LogP contribution >= 0.6 is 0 Å². The average Bonchev–Trinajstić information content (AvgIpc) is 3.52. The molecule has 12 heteroatoms. The smallest absolute Gasteiger partial charge is 0.255 e. The number of aromatic nitrogens is 4. The number of primary amides is 1. The molecule has 0 radical (unpaired) electrons. The number of fused-ring (bicyclic) bond motifs is 1. The van der Waals surface area contributed by atoms with E-state index in [1.54, 1.807) is 42.5 Å². The molecule has 0 saturated heterocycles. The minimum absolute atomic E-state index is 0.00512. The Kier molecular flexibility index (Phi) is 7.99. The molecule has 2 aliphatic rings. The van der Waals surface area contributed by atoms with Crippen LogP contribution in [0.1, 0.15) is 84.7 Å². The van der Waals surface area contributed by atoms with Crippen LogP contribution in [0.25, 0.3) is 5.52 Å². The van der Waals surface area contributed by atoms with Gasteiger partial charge in [0.2, 0.25) is 5.88 Å². The number of pyridine rings is 1. The Labute approximate surface area is 232 Å². The van der Waals surface area contributed by atoms with E-state index < -0.39 is 11.5 Å². The number of aliphatic hydroxyl groups is 1. The summed E-state index contributed by atoms with van der Waals surface area (Å²) in [4.78, 5) is 25.1. The van der Waals surface area contributed by atoms with Crippen molar-refractivity contribution in [1.82, 2.24) is 24.7 Å². The van der Waals surface area contributed by atoms with Gasteiger partial charge in [-0.05, 0) is 64.5 Å². The summed E-state index contributed by atoms with van der Waals surface area (Å²) in [6.45, 7) is 4.51. The first kappa shape index (κ1) is 27.9. The first-order chi connectivity index (χ1) is 19.1. The lowest BCUT2D eigenvalue weighted by Gasteiger charge is -2.29. The number of nitrogens with two attached hydrogens (primary N) is 1. The van der Waals surface area contributed by atoms with Gasteiger partial charge >= 0.3 is 0 Å². The lowest BCUT2D eigenvalue weighted by atomic mass is 9.92. The summed E-state index contributed by atoms with van der Waals surface area (Å²) < 4.78 is 20.5. The van der Waals surface area contributed by atoms with Crippen LogP contribution < -0.4 is 20.5 Å². The number of carbonyl (C=O) groups is 2. The summed E-state index contributed by atoms with van der Waals surface area (Å²) in [7, 11) is 1.60. The summed E-state index contributed by atoms with van der Waals surface area (Å²) >= 11 is 0. The van der Waals surface area contributed by atoms with Crippen LogP contribution in [0.4, 0.5) is 0 Å². The van der Waals surface area contributed by atoms with E-state index in [4.69, 9.17) is 19.9 Å². The third-order valence-corrected chi connectivity index (χ3v) is 7.27. The maximum atomic E-state index is 13.3. The lowest BCUT2D eigenvalue weighted by Crippen LogP contribution is -2.39. The number of rotatable bonds is 12. The monoisotopic (exact) mass is 554 g/mol. The van der Waals surface area contributed by atoms with Crippen molar-refractivity contribution in [2.24, 2.45) is 5.73 Å². The molecule has 2 fully saturated rings. The topological polar surface area (TPSA) is 155 Å². The largest absolute Gasteiger partial charge is 0.489 e. The number of methoxy groups -OCH3 is 1. The second kappa shape index (κ2) is 11.5. The van der Waals surface area contributed by atoms with Crippen molar-refractivity contribution in [2.45, 2.75) is 82.6 Å². The minimum Gasteiger partial charge on any atom is -0.489 e. The second-order valence-electron chi connectivity index (χ2n) is 11.3. The van der Waals surface area contributed by atoms with Crippen molar-refractivity contribution in [1.29, 1.82) is 0 Å². The SMILES string of the molecule is COCCn1cc(C(N)=O)c(OC2CCC(NC(=O)c3cnn4c(C5CC5)c(OCC(C)(C)O)ccc34)CC2)n1. The molecule has 2 saturated carbocycles. The molecule has 0 bridgehead atoms. The Morgan fingerprint density at radius 3 is 2.55 bits per heavy atom. The van der Waals surface area contributed by atoms with Crippen LogP contribution in [0.2, 0.25) is 0 Å². The van der Waals surface area contributed by atoms with Gasteiger partial charge in [0.15, 0.2) is 0 Å². The molecule has 5 rings (SSSR count). The Bertz CT molecular complexity index is 1360. The molecule has 3 aromatic heterocycles. The first-order valence-corrected chi connectivity index (χ1v) is 13.8. The third-order valence-electron chi connectivity index (χ3n) is 7.27. The van der Waals surface area contributed by atoms with E-state index in [9.17, 15) is 14.7 Å². The fraction of sp³-hybridized carbons (Fsp3) is 0.571. The van der Waals surface area contributed by atoms with Gasteiger partial charge in [-0.3, -0.25) is 14.3 Å². The molecule has 0 atom stereocenters.